The average Bonchev–Trinajstić information content (AvgIpc) is 3.36. The summed E-state index contributed by atoms with van der Waals surface area (Å²) in [5.41, 5.74) is 3.27. The highest BCUT2D eigenvalue weighted by Crippen LogP contribution is 2.28. The van der Waals surface area contributed by atoms with Gasteiger partial charge >= 0.3 is 0 Å². The van der Waals surface area contributed by atoms with E-state index in [1.807, 2.05) is 42.8 Å². The minimum Gasteiger partial charge on any atom is -0.298 e. The van der Waals surface area contributed by atoms with Crippen LogP contribution in [0.4, 0.5) is 5.13 Å². The fourth-order valence-electron chi connectivity index (χ4n) is 2.54. The number of anilines is 1. The van der Waals surface area contributed by atoms with E-state index in [4.69, 9.17) is 0 Å². The van der Waals surface area contributed by atoms with E-state index in [9.17, 15) is 4.79 Å². The van der Waals surface area contributed by atoms with Crippen molar-refractivity contribution in [3.8, 4) is 16.4 Å². The van der Waals surface area contributed by atoms with Crippen molar-refractivity contribution < 1.29 is 4.79 Å². The molecule has 6 nitrogen and oxygen atoms in total. The molecule has 0 aliphatic rings. The Labute approximate surface area is 158 Å². The maximum absolute atomic E-state index is 12.4. The molecule has 0 fully saturated rings. The monoisotopic (exact) mass is 381 g/mol. The van der Waals surface area contributed by atoms with Crippen LogP contribution < -0.4 is 5.32 Å². The van der Waals surface area contributed by atoms with Crippen LogP contribution in [0.15, 0.2) is 47.3 Å². The number of nitrogens with one attached hydrogen (secondary N) is 1. The average molecular weight is 381 g/mol. The molecule has 26 heavy (non-hydrogen) atoms. The summed E-state index contributed by atoms with van der Waals surface area (Å²) in [4.78, 5) is 22.3. The lowest BCUT2D eigenvalue weighted by atomic mass is 10.2. The minimum absolute atomic E-state index is 0.232. The topological polar surface area (TPSA) is 72.7 Å². The Morgan fingerprint density at radius 2 is 2.08 bits per heavy atom. The van der Waals surface area contributed by atoms with Crippen LogP contribution in [0.1, 0.15) is 21.7 Å². The van der Waals surface area contributed by atoms with Crippen molar-refractivity contribution in [1.82, 2.24) is 19.7 Å². The summed E-state index contributed by atoms with van der Waals surface area (Å²) in [6.45, 7) is 3.90. The second-order valence-corrected chi connectivity index (χ2v) is 7.52. The second kappa shape index (κ2) is 6.81. The molecule has 4 aromatic heterocycles. The van der Waals surface area contributed by atoms with Gasteiger partial charge in [0.05, 0.1) is 21.8 Å². The lowest BCUT2D eigenvalue weighted by Gasteiger charge is -2.05. The summed E-state index contributed by atoms with van der Waals surface area (Å²) < 4.78 is 1.76. The smallest absolute Gasteiger partial charge is 0.259 e. The van der Waals surface area contributed by atoms with Gasteiger partial charge < -0.3 is 0 Å². The van der Waals surface area contributed by atoms with Gasteiger partial charge in [0.25, 0.3) is 5.91 Å². The van der Waals surface area contributed by atoms with Crippen LogP contribution in [0.3, 0.4) is 0 Å². The van der Waals surface area contributed by atoms with Crippen LogP contribution >= 0.6 is 22.7 Å². The van der Waals surface area contributed by atoms with E-state index in [2.05, 4.69) is 20.4 Å². The van der Waals surface area contributed by atoms with E-state index >= 15 is 0 Å². The van der Waals surface area contributed by atoms with Crippen molar-refractivity contribution in [3.63, 3.8) is 0 Å². The van der Waals surface area contributed by atoms with Crippen molar-refractivity contribution in [3.05, 3.63) is 64.2 Å². The molecule has 8 heteroatoms. The van der Waals surface area contributed by atoms with E-state index in [1.165, 1.54) is 11.3 Å². The van der Waals surface area contributed by atoms with Gasteiger partial charge in [0.2, 0.25) is 0 Å². The number of amides is 1. The van der Waals surface area contributed by atoms with Crippen molar-refractivity contribution >= 4 is 33.7 Å². The first kappa shape index (κ1) is 16.6. The van der Waals surface area contributed by atoms with Gasteiger partial charge in [0, 0.05) is 17.3 Å². The van der Waals surface area contributed by atoms with Crippen LogP contribution in [0.2, 0.25) is 0 Å². The van der Waals surface area contributed by atoms with Gasteiger partial charge in [0.15, 0.2) is 10.9 Å². The number of thiazole rings is 1. The number of aryl methyl sites for hydroxylation is 2. The SMILES string of the molecule is Cc1cc(C)n(-c2ccc(C(=O)Nc3nc(-c4cccs4)cs3)cn2)n1. The molecule has 1 N–H and O–H groups in total. The number of hydrogen-bond acceptors (Lipinski definition) is 6. The standard InChI is InChI=1S/C18H15N5OS2/c1-11-8-12(2)23(22-11)16-6-5-13(9-19-16)17(24)21-18-20-14(10-26-18)15-4-3-7-25-15/h3-10H,1-2H3,(H,20,21,24). The fourth-order valence-corrected chi connectivity index (χ4v) is 4.01. The molecule has 4 heterocycles. The molecule has 1 amide bonds. The highest BCUT2D eigenvalue weighted by atomic mass is 32.1. The molecule has 0 saturated carbocycles. The Kier molecular flexibility index (Phi) is 4.36. The van der Waals surface area contributed by atoms with Gasteiger partial charge in [-0.1, -0.05) is 6.07 Å². The van der Waals surface area contributed by atoms with Gasteiger partial charge in [-0.3, -0.25) is 10.1 Å². The zero-order valence-electron chi connectivity index (χ0n) is 14.1. The third kappa shape index (κ3) is 3.29. The summed E-state index contributed by atoms with van der Waals surface area (Å²) in [5.74, 6) is 0.450. The maximum Gasteiger partial charge on any atom is 0.259 e. The van der Waals surface area contributed by atoms with E-state index in [-0.39, 0.29) is 5.91 Å². The molecule has 0 spiro atoms. The van der Waals surface area contributed by atoms with Gasteiger partial charge in [-0.25, -0.2) is 14.6 Å². The maximum atomic E-state index is 12.4. The molecule has 0 unspecified atom stereocenters. The van der Waals surface area contributed by atoms with Gasteiger partial charge in [-0.05, 0) is 43.5 Å². The Hall–Kier alpha value is -2.84. The summed E-state index contributed by atoms with van der Waals surface area (Å²) in [7, 11) is 0. The molecule has 130 valence electrons. The number of pyridine rings is 1. The van der Waals surface area contributed by atoms with Gasteiger partial charge in [-0.15, -0.1) is 22.7 Å². The number of carbonyl (C=O) groups is 1. The molecular formula is C18H15N5OS2. The molecular weight excluding hydrogens is 366 g/mol. The van der Waals surface area contributed by atoms with E-state index in [0.29, 0.717) is 16.5 Å². The normalized spacial score (nSPS) is 10.8. The predicted molar refractivity (Wildman–Crippen MR) is 104 cm³/mol. The number of aromatic nitrogens is 4. The van der Waals surface area contributed by atoms with Crippen molar-refractivity contribution in [1.29, 1.82) is 0 Å². The Morgan fingerprint density at radius 1 is 1.19 bits per heavy atom. The Morgan fingerprint density at radius 3 is 2.73 bits per heavy atom. The quantitative estimate of drug-likeness (QED) is 0.571. The number of nitrogens with zero attached hydrogens (tertiary/aromatic N) is 4. The molecule has 0 atom stereocenters. The first-order chi connectivity index (χ1) is 12.6. The van der Waals surface area contributed by atoms with E-state index in [0.717, 1.165) is 22.0 Å². The van der Waals surface area contributed by atoms with Crippen LogP contribution in [0, 0.1) is 13.8 Å². The molecule has 4 rings (SSSR count). The molecule has 0 aliphatic carbocycles. The largest absolute Gasteiger partial charge is 0.298 e. The summed E-state index contributed by atoms with van der Waals surface area (Å²) in [6, 6.07) is 9.49. The summed E-state index contributed by atoms with van der Waals surface area (Å²) >= 11 is 3.02. The van der Waals surface area contributed by atoms with E-state index < -0.39 is 0 Å². The highest BCUT2D eigenvalue weighted by Gasteiger charge is 2.12. The molecule has 4 aromatic rings. The van der Waals surface area contributed by atoms with Crippen molar-refractivity contribution in [2.24, 2.45) is 0 Å². The third-order valence-electron chi connectivity index (χ3n) is 3.73. The first-order valence-corrected chi connectivity index (χ1v) is 9.66. The number of thiophene rings is 1. The van der Waals surface area contributed by atoms with Crippen LogP contribution in [0.25, 0.3) is 16.4 Å². The highest BCUT2D eigenvalue weighted by molar-refractivity contribution is 7.16. The van der Waals surface area contributed by atoms with Gasteiger partial charge in [0.1, 0.15) is 0 Å². The van der Waals surface area contributed by atoms with Crippen LogP contribution in [-0.2, 0) is 0 Å². The number of rotatable bonds is 4. The van der Waals surface area contributed by atoms with Crippen LogP contribution in [-0.4, -0.2) is 25.7 Å². The first-order valence-electron chi connectivity index (χ1n) is 7.90. The predicted octanol–water partition coefficient (Wildman–Crippen LogP) is 4.32. The van der Waals surface area contributed by atoms with E-state index in [1.54, 1.807) is 34.3 Å². The minimum atomic E-state index is -0.232. The molecule has 0 bridgehead atoms. The lowest BCUT2D eigenvalue weighted by molar-refractivity contribution is 0.102. The zero-order chi connectivity index (χ0) is 18.1. The molecule has 0 radical (unpaired) electrons. The number of carbonyl (C=O) groups excluding carboxylic acids is 1. The summed E-state index contributed by atoms with van der Waals surface area (Å²) in [5, 5.41) is 11.7. The fraction of sp³-hybridized carbons (Fsp3) is 0.111. The van der Waals surface area contributed by atoms with Crippen molar-refractivity contribution in [2.75, 3.05) is 5.32 Å². The zero-order valence-corrected chi connectivity index (χ0v) is 15.8. The Balaban J connectivity index is 1.49. The molecule has 0 saturated heterocycles. The lowest BCUT2D eigenvalue weighted by Crippen LogP contribution is -2.12. The number of hydrogen-bond donors (Lipinski definition) is 1. The van der Waals surface area contributed by atoms with Crippen molar-refractivity contribution in [2.45, 2.75) is 13.8 Å². The summed E-state index contributed by atoms with van der Waals surface area (Å²) in [6.07, 6.45) is 1.55. The molecule has 0 aromatic carbocycles. The van der Waals surface area contributed by atoms with Crippen LogP contribution in [0.5, 0.6) is 0 Å². The third-order valence-corrected chi connectivity index (χ3v) is 5.39. The Bertz CT molecular complexity index is 1050. The molecule has 0 aliphatic heterocycles. The van der Waals surface area contributed by atoms with Gasteiger partial charge in [-0.2, -0.15) is 5.10 Å². The second-order valence-electron chi connectivity index (χ2n) is 5.71.